The Morgan fingerprint density at radius 2 is 1.57 bits per heavy atom. The topological polar surface area (TPSA) is 116 Å². The van der Waals surface area contributed by atoms with Crippen LogP contribution in [-0.4, -0.2) is 40.9 Å². The van der Waals surface area contributed by atoms with Gasteiger partial charge in [-0.25, -0.2) is 0 Å². The normalized spacial score (nSPS) is 26.8. The lowest BCUT2D eigenvalue weighted by Crippen LogP contribution is -2.53. The summed E-state index contributed by atoms with van der Waals surface area (Å²) in [5, 5.41) is 12.4. The van der Waals surface area contributed by atoms with Crippen molar-refractivity contribution in [2.24, 2.45) is 23.7 Å². The van der Waals surface area contributed by atoms with Crippen LogP contribution in [0.1, 0.15) is 35.4 Å². The van der Waals surface area contributed by atoms with Crippen LogP contribution in [-0.2, 0) is 24.6 Å². The standard InChI is InChI=1S/C40H33Cl2N3O6/c1-21-8-12-25(13-9-21)43-45-37(48)30-20-29-27(16-17-28-33(29)38(49)44(36(28)47)26-14-10-24(41)11-15-26)34(22-18-31(42)35(46)32(19-22)51-2)40(30,39(45)50)23-6-4-3-5-7-23/h3-16,18-19,28-30,33-34,43,46H,17,20H2,1-2H3/t28-,29+,30-,33-,34-,40+/m0/s1. The van der Waals surface area contributed by atoms with Gasteiger partial charge in [-0.05, 0) is 85.3 Å². The van der Waals surface area contributed by atoms with Crippen molar-refractivity contribution < 1.29 is 29.0 Å². The molecule has 4 amide bonds. The van der Waals surface area contributed by atoms with Gasteiger partial charge in [0.15, 0.2) is 11.5 Å². The number of fused-ring (bicyclic) bond motifs is 4. The number of phenolic OH excluding ortho intramolecular Hbond substituents is 1. The van der Waals surface area contributed by atoms with Gasteiger partial charge in [-0.1, -0.05) is 82.9 Å². The number of methoxy groups -OCH3 is 1. The Bertz CT molecular complexity index is 2140. The number of rotatable bonds is 6. The largest absolute Gasteiger partial charge is 0.503 e. The lowest BCUT2D eigenvalue weighted by Gasteiger charge is -2.50. The first kappa shape index (κ1) is 33.0. The van der Waals surface area contributed by atoms with Gasteiger partial charge in [-0.2, -0.15) is 5.01 Å². The average Bonchev–Trinajstić information content (AvgIpc) is 3.51. The van der Waals surface area contributed by atoms with Crippen LogP contribution in [0.25, 0.3) is 0 Å². The molecule has 4 aromatic carbocycles. The molecule has 0 spiro atoms. The predicted molar refractivity (Wildman–Crippen MR) is 192 cm³/mol. The maximum absolute atomic E-state index is 15.3. The molecule has 2 aliphatic carbocycles. The first-order valence-corrected chi connectivity index (χ1v) is 17.5. The molecule has 51 heavy (non-hydrogen) atoms. The third-order valence-electron chi connectivity index (χ3n) is 11.1. The molecule has 2 heterocycles. The van der Waals surface area contributed by atoms with Crippen LogP contribution in [0.2, 0.25) is 10.0 Å². The third kappa shape index (κ3) is 4.89. The highest BCUT2D eigenvalue weighted by atomic mass is 35.5. The molecule has 0 aromatic heterocycles. The summed E-state index contributed by atoms with van der Waals surface area (Å²) in [7, 11) is 1.41. The molecule has 0 radical (unpaired) electrons. The summed E-state index contributed by atoms with van der Waals surface area (Å²) in [6.45, 7) is 1.95. The number of aryl methyl sites for hydroxylation is 1. The summed E-state index contributed by atoms with van der Waals surface area (Å²) in [5.41, 5.74) is 5.51. The molecule has 0 bridgehead atoms. The minimum Gasteiger partial charge on any atom is -0.503 e. The van der Waals surface area contributed by atoms with Gasteiger partial charge in [-0.3, -0.25) is 29.5 Å². The highest BCUT2D eigenvalue weighted by Gasteiger charge is 2.70. The Kier molecular flexibility index (Phi) is 7.96. The van der Waals surface area contributed by atoms with E-state index in [4.69, 9.17) is 27.9 Å². The van der Waals surface area contributed by atoms with E-state index in [0.717, 1.165) is 16.1 Å². The van der Waals surface area contributed by atoms with E-state index in [9.17, 15) is 19.5 Å². The fraction of sp³-hybridized carbons (Fsp3) is 0.250. The van der Waals surface area contributed by atoms with Crippen molar-refractivity contribution in [3.63, 3.8) is 0 Å². The quantitative estimate of drug-likeness (QED) is 0.160. The van der Waals surface area contributed by atoms with E-state index in [1.54, 1.807) is 48.5 Å². The van der Waals surface area contributed by atoms with E-state index in [-0.39, 0.29) is 41.2 Å². The van der Waals surface area contributed by atoms with E-state index < -0.39 is 46.8 Å². The van der Waals surface area contributed by atoms with Crippen molar-refractivity contribution in [2.45, 2.75) is 31.1 Å². The summed E-state index contributed by atoms with van der Waals surface area (Å²) in [6.07, 6.45) is 2.37. The lowest BCUT2D eigenvalue weighted by molar-refractivity contribution is -0.138. The number of phenols is 1. The number of allylic oxidation sites excluding steroid dienone is 2. The number of aromatic hydroxyl groups is 1. The SMILES string of the molecule is COc1cc([C@H]2C3=CC[C@@H]4C(=O)N(c5ccc(Cl)cc5)C(=O)[C@@H]4[C@@H]3C[C@H]3C(=O)N(Nc4ccc(C)cc4)C(=O)[C@@]23c2ccccc2)cc(Cl)c1O. The Morgan fingerprint density at radius 3 is 2.25 bits per heavy atom. The number of carbonyl (C=O) groups is 4. The molecule has 9 nitrogen and oxygen atoms in total. The van der Waals surface area contributed by atoms with Gasteiger partial charge < -0.3 is 9.84 Å². The fourth-order valence-corrected chi connectivity index (χ4v) is 9.23. The minimum absolute atomic E-state index is 0.00737. The number of hydrogen-bond acceptors (Lipinski definition) is 7. The van der Waals surface area contributed by atoms with E-state index >= 15 is 4.79 Å². The average molecular weight is 723 g/mol. The molecule has 6 atom stereocenters. The zero-order valence-electron chi connectivity index (χ0n) is 27.7. The Balaban J connectivity index is 1.34. The number of halogens is 2. The third-order valence-corrected chi connectivity index (χ3v) is 11.6. The molecule has 3 fully saturated rings. The van der Waals surface area contributed by atoms with Crippen LogP contribution in [0.5, 0.6) is 11.5 Å². The number of amides is 4. The van der Waals surface area contributed by atoms with Crippen molar-refractivity contribution in [1.82, 2.24) is 5.01 Å². The molecule has 1 saturated carbocycles. The van der Waals surface area contributed by atoms with Crippen molar-refractivity contribution in [1.29, 1.82) is 0 Å². The maximum Gasteiger partial charge on any atom is 0.260 e. The first-order chi connectivity index (χ1) is 24.6. The molecular weight excluding hydrogens is 689 g/mol. The Labute approximate surface area is 304 Å². The number of carbonyl (C=O) groups excluding carboxylic acids is 4. The van der Waals surface area contributed by atoms with Crippen LogP contribution in [0, 0.1) is 30.6 Å². The predicted octanol–water partition coefficient (Wildman–Crippen LogP) is 7.21. The molecule has 2 saturated heterocycles. The summed E-state index contributed by atoms with van der Waals surface area (Å²) >= 11 is 12.8. The van der Waals surface area contributed by atoms with Crippen LogP contribution in [0.3, 0.4) is 0 Å². The zero-order valence-corrected chi connectivity index (χ0v) is 29.2. The molecule has 0 unspecified atom stereocenters. The summed E-state index contributed by atoms with van der Waals surface area (Å²) in [5.74, 6) is -5.52. The molecular formula is C40H33Cl2N3O6. The molecule has 4 aliphatic rings. The summed E-state index contributed by atoms with van der Waals surface area (Å²) < 4.78 is 5.53. The van der Waals surface area contributed by atoms with Crippen molar-refractivity contribution in [2.75, 3.05) is 17.4 Å². The first-order valence-electron chi connectivity index (χ1n) is 16.7. The second-order valence-electron chi connectivity index (χ2n) is 13.6. The van der Waals surface area contributed by atoms with Crippen molar-refractivity contribution in [3.05, 3.63) is 129 Å². The molecule has 8 rings (SSSR count). The molecule has 4 aromatic rings. The monoisotopic (exact) mass is 721 g/mol. The highest BCUT2D eigenvalue weighted by Crippen LogP contribution is 2.64. The van der Waals surface area contributed by atoms with Gasteiger partial charge in [0.05, 0.1) is 46.7 Å². The number of ether oxygens (including phenoxy) is 1. The smallest absolute Gasteiger partial charge is 0.260 e. The zero-order chi connectivity index (χ0) is 35.8. The van der Waals surface area contributed by atoms with Crippen LogP contribution in [0.4, 0.5) is 11.4 Å². The van der Waals surface area contributed by atoms with Gasteiger partial charge in [0.2, 0.25) is 11.8 Å². The number of anilines is 2. The van der Waals surface area contributed by atoms with E-state index in [1.165, 1.54) is 12.0 Å². The van der Waals surface area contributed by atoms with Gasteiger partial charge in [0, 0.05) is 10.9 Å². The Morgan fingerprint density at radius 1 is 0.863 bits per heavy atom. The fourth-order valence-electron chi connectivity index (χ4n) is 8.88. The van der Waals surface area contributed by atoms with Crippen molar-refractivity contribution in [3.8, 4) is 11.5 Å². The van der Waals surface area contributed by atoms with Gasteiger partial charge in [0.1, 0.15) is 0 Å². The van der Waals surface area contributed by atoms with E-state index in [2.05, 4.69) is 5.43 Å². The number of benzene rings is 4. The molecule has 11 heteroatoms. The van der Waals surface area contributed by atoms with Gasteiger partial charge in [0.25, 0.3) is 11.8 Å². The lowest BCUT2D eigenvalue weighted by atomic mass is 9.49. The molecule has 2 aliphatic heterocycles. The maximum atomic E-state index is 15.3. The van der Waals surface area contributed by atoms with E-state index in [0.29, 0.717) is 27.5 Å². The molecule has 258 valence electrons. The number of hydrogen-bond donors (Lipinski definition) is 2. The Hall–Kier alpha value is -5.12. The number of hydrazine groups is 1. The number of nitrogens with zero attached hydrogens (tertiary/aromatic N) is 2. The van der Waals surface area contributed by atoms with Crippen molar-refractivity contribution >= 4 is 58.2 Å². The summed E-state index contributed by atoms with van der Waals surface area (Å²) in [6, 6.07) is 26.4. The number of nitrogens with one attached hydrogen (secondary N) is 1. The van der Waals surface area contributed by atoms with Crippen LogP contribution in [0.15, 0.2) is 103 Å². The second kappa shape index (κ2) is 12.3. The highest BCUT2D eigenvalue weighted by molar-refractivity contribution is 6.32. The second-order valence-corrected chi connectivity index (χ2v) is 14.5. The minimum atomic E-state index is -1.49. The van der Waals surface area contributed by atoms with Gasteiger partial charge >= 0.3 is 0 Å². The van der Waals surface area contributed by atoms with E-state index in [1.807, 2.05) is 55.5 Å². The van der Waals surface area contributed by atoms with Crippen LogP contribution < -0.4 is 15.1 Å². The van der Waals surface area contributed by atoms with Crippen LogP contribution >= 0.6 is 23.2 Å². The van der Waals surface area contributed by atoms with Gasteiger partial charge in [-0.15, -0.1) is 0 Å². The molecule has 2 N–H and O–H groups in total. The number of imide groups is 2. The summed E-state index contributed by atoms with van der Waals surface area (Å²) in [4.78, 5) is 59.7.